The standard InChI is InChI=1S/C19H18BrN5OS/c1-13-17(18(26)25(24(13)2)16-6-4-3-5-7-16)22-19(27)23-21-12-14-8-10-15(20)11-9-14/h3-12H,1-2H3,(H2,22,23,27). The van der Waals surface area contributed by atoms with Crippen LogP contribution >= 0.6 is 28.1 Å². The summed E-state index contributed by atoms with van der Waals surface area (Å²) in [6.45, 7) is 1.86. The van der Waals surface area contributed by atoms with E-state index in [2.05, 4.69) is 31.8 Å². The average Bonchev–Trinajstić information content (AvgIpc) is 2.87. The summed E-state index contributed by atoms with van der Waals surface area (Å²) in [5.74, 6) is 0. The van der Waals surface area contributed by atoms with Crippen molar-refractivity contribution in [3.8, 4) is 5.69 Å². The molecule has 6 nitrogen and oxygen atoms in total. The number of thiocarbonyl (C=S) groups is 1. The van der Waals surface area contributed by atoms with Crippen molar-refractivity contribution in [1.29, 1.82) is 0 Å². The van der Waals surface area contributed by atoms with Crippen LogP contribution < -0.4 is 16.3 Å². The molecule has 2 N–H and O–H groups in total. The average molecular weight is 444 g/mol. The van der Waals surface area contributed by atoms with Crippen molar-refractivity contribution in [2.45, 2.75) is 6.92 Å². The SMILES string of the molecule is Cc1c(NC(=S)NN=Cc2ccc(Br)cc2)c(=O)n(-c2ccccc2)n1C. The predicted octanol–water partition coefficient (Wildman–Crippen LogP) is 3.57. The molecule has 0 amide bonds. The van der Waals surface area contributed by atoms with Crippen LogP contribution in [-0.2, 0) is 7.05 Å². The molecule has 27 heavy (non-hydrogen) atoms. The maximum Gasteiger partial charge on any atom is 0.295 e. The minimum atomic E-state index is -0.178. The Morgan fingerprint density at radius 3 is 2.48 bits per heavy atom. The summed E-state index contributed by atoms with van der Waals surface area (Å²) in [6.07, 6.45) is 1.65. The van der Waals surface area contributed by atoms with Crippen LogP contribution in [0.1, 0.15) is 11.3 Å². The second-order valence-electron chi connectivity index (χ2n) is 5.81. The van der Waals surface area contributed by atoms with Crippen LogP contribution in [-0.4, -0.2) is 20.7 Å². The van der Waals surface area contributed by atoms with E-state index < -0.39 is 0 Å². The molecule has 0 atom stereocenters. The Morgan fingerprint density at radius 1 is 1.15 bits per heavy atom. The first kappa shape index (κ1) is 19.1. The number of nitrogens with one attached hydrogen (secondary N) is 2. The number of halogens is 1. The lowest BCUT2D eigenvalue weighted by molar-refractivity contribution is 0.630. The molecule has 138 valence electrons. The summed E-state index contributed by atoms with van der Waals surface area (Å²) in [4.78, 5) is 12.8. The zero-order chi connectivity index (χ0) is 19.4. The van der Waals surface area contributed by atoms with E-state index in [0.29, 0.717) is 5.69 Å². The van der Waals surface area contributed by atoms with Crippen molar-refractivity contribution >= 4 is 45.2 Å². The summed E-state index contributed by atoms with van der Waals surface area (Å²) < 4.78 is 4.37. The number of hydrazone groups is 1. The highest BCUT2D eigenvalue weighted by atomic mass is 79.9. The zero-order valence-electron chi connectivity index (χ0n) is 14.8. The molecule has 0 spiro atoms. The van der Waals surface area contributed by atoms with Gasteiger partial charge in [-0.05, 0) is 49.0 Å². The Labute approximate surface area is 170 Å². The highest BCUT2D eigenvalue weighted by Crippen LogP contribution is 2.13. The second kappa shape index (κ2) is 8.32. The zero-order valence-corrected chi connectivity index (χ0v) is 17.2. The normalized spacial score (nSPS) is 10.9. The highest BCUT2D eigenvalue weighted by Gasteiger charge is 2.16. The van der Waals surface area contributed by atoms with Crippen LogP contribution in [0, 0.1) is 6.92 Å². The Kier molecular flexibility index (Phi) is 5.88. The molecular weight excluding hydrogens is 426 g/mol. The van der Waals surface area contributed by atoms with Gasteiger partial charge in [-0.2, -0.15) is 5.10 Å². The van der Waals surface area contributed by atoms with Gasteiger partial charge in [-0.3, -0.25) is 14.9 Å². The van der Waals surface area contributed by atoms with Gasteiger partial charge in [0.25, 0.3) is 5.56 Å². The predicted molar refractivity (Wildman–Crippen MR) is 117 cm³/mol. The van der Waals surface area contributed by atoms with Crippen LogP contribution in [0.3, 0.4) is 0 Å². The number of para-hydroxylation sites is 1. The molecule has 0 bridgehead atoms. The lowest BCUT2D eigenvalue weighted by Gasteiger charge is -2.07. The smallest absolute Gasteiger partial charge is 0.295 e. The fourth-order valence-electron chi connectivity index (χ4n) is 2.57. The fourth-order valence-corrected chi connectivity index (χ4v) is 2.99. The van der Waals surface area contributed by atoms with E-state index in [1.165, 1.54) is 0 Å². The van der Waals surface area contributed by atoms with Crippen molar-refractivity contribution < 1.29 is 0 Å². The molecule has 3 rings (SSSR count). The second-order valence-corrected chi connectivity index (χ2v) is 7.14. The van der Waals surface area contributed by atoms with Crippen molar-refractivity contribution in [2.24, 2.45) is 12.1 Å². The number of nitrogens with zero attached hydrogens (tertiary/aromatic N) is 3. The van der Waals surface area contributed by atoms with Gasteiger partial charge in [0.15, 0.2) is 5.11 Å². The number of rotatable bonds is 4. The van der Waals surface area contributed by atoms with E-state index in [9.17, 15) is 4.79 Å². The molecule has 0 unspecified atom stereocenters. The van der Waals surface area contributed by atoms with Gasteiger partial charge in [-0.15, -0.1) is 0 Å². The van der Waals surface area contributed by atoms with E-state index in [0.717, 1.165) is 21.4 Å². The van der Waals surface area contributed by atoms with Crippen LogP contribution in [0.15, 0.2) is 69.0 Å². The highest BCUT2D eigenvalue weighted by molar-refractivity contribution is 9.10. The summed E-state index contributed by atoms with van der Waals surface area (Å²) in [6, 6.07) is 17.1. The third-order valence-corrected chi connectivity index (χ3v) is 4.76. The van der Waals surface area contributed by atoms with Gasteiger partial charge in [0.1, 0.15) is 5.69 Å². The van der Waals surface area contributed by atoms with E-state index in [1.54, 1.807) is 15.6 Å². The molecule has 8 heteroatoms. The molecule has 0 radical (unpaired) electrons. The quantitative estimate of drug-likeness (QED) is 0.367. The lowest BCUT2D eigenvalue weighted by Crippen LogP contribution is -2.28. The van der Waals surface area contributed by atoms with Gasteiger partial charge in [-0.25, -0.2) is 4.68 Å². The van der Waals surface area contributed by atoms with E-state index in [-0.39, 0.29) is 10.7 Å². The summed E-state index contributed by atoms with van der Waals surface area (Å²) in [5, 5.41) is 7.30. The minimum Gasteiger partial charge on any atom is -0.325 e. The monoisotopic (exact) mass is 443 g/mol. The molecule has 0 aliphatic rings. The number of hydrogen-bond donors (Lipinski definition) is 2. The van der Waals surface area contributed by atoms with Crippen LogP contribution in [0.4, 0.5) is 5.69 Å². The van der Waals surface area contributed by atoms with Gasteiger partial charge in [-0.1, -0.05) is 46.3 Å². The molecular formula is C19H18BrN5OS. The Bertz CT molecular complexity index is 1040. The third kappa shape index (κ3) is 4.35. The van der Waals surface area contributed by atoms with Crippen LogP contribution in [0.5, 0.6) is 0 Å². The van der Waals surface area contributed by atoms with Gasteiger partial charge < -0.3 is 5.32 Å². The van der Waals surface area contributed by atoms with E-state index in [1.807, 2.05) is 68.6 Å². The molecule has 1 aromatic heterocycles. The number of benzene rings is 2. The van der Waals surface area contributed by atoms with Crippen molar-refractivity contribution in [3.63, 3.8) is 0 Å². The third-order valence-electron chi connectivity index (χ3n) is 4.04. The number of hydrogen-bond acceptors (Lipinski definition) is 3. The summed E-state index contributed by atoms with van der Waals surface area (Å²) >= 11 is 8.65. The minimum absolute atomic E-state index is 0.178. The molecule has 0 aliphatic heterocycles. The molecule has 0 aliphatic carbocycles. The maximum atomic E-state index is 12.8. The first-order chi connectivity index (χ1) is 13.0. The summed E-state index contributed by atoms with van der Waals surface area (Å²) in [5.41, 5.74) is 5.45. The topological polar surface area (TPSA) is 63.4 Å². The van der Waals surface area contributed by atoms with Gasteiger partial charge in [0.05, 0.1) is 17.6 Å². The number of anilines is 1. The maximum absolute atomic E-state index is 12.8. The molecule has 1 heterocycles. The van der Waals surface area contributed by atoms with Crippen molar-refractivity contribution in [1.82, 2.24) is 14.8 Å². The largest absolute Gasteiger partial charge is 0.325 e. The molecule has 0 saturated carbocycles. The van der Waals surface area contributed by atoms with Gasteiger partial charge >= 0.3 is 0 Å². The summed E-state index contributed by atoms with van der Waals surface area (Å²) in [7, 11) is 1.83. The Hall–Kier alpha value is -2.71. The van der Waals surface area contributed by atoms with Gasteiger partial charge in [0, 0.05) is 11.5 Å². The Balaban J connectivity index is 1.75. The lowest BCUT2D eigenvalue weighted by atomic mass is 10.2. The molecule has 0 saturated heterocycles. The molecule has 2 aromatic carbocycles. The number of aromatic nitrogens is 2. The first-order valence-electron chi connectivity index (χ1n) is 8.17. The fraction of sp³-hybridized carbons (Fsp3) is 0.105. The Morgan fingerprint density at radius 2 is 1.81 bits per heavy atom. The van der Waals surface area contributed by atoms with E-state index in [4.69, 9.17) is 12.2 Å². The van der Waals surface area contributed by atoms with Crippen LogP contribution in [0.2, 0.25) is 0 Å². The molecule has 3 aromatic rings. The van der Waals surface area contributed by atoms with Gasteiger partial charge in [0.2, 0.25) is 0 Å². The van der Waals surface area contributed by atoms with E-state index >= 15 is 0 Å². The van der Waals surface area contributed by atoms with Crippen molar-refractivity contribution in [3.05, 3.63) is 80.7 Å². The van der Waals surface area contributed by atoms with Crippen molar-refractivity contribution in [2.75, 3.05) is 5.32 Å². The molecule has 0 fully saturated rings. The first-order valence-corrected chi connectivity index (χ1v) is 9.37. The van der Waals surface area contributed by atoms with Crippen LogP contribution in [0.25, 0.3) is 5.69 Å².